The zero-order valence-electron chi connectivity index (χ0n) is 22.4. The largest absolute Gasteiger partial charge is 0.497 e. The van der Waals surface area contributed by atoms with Crippen LogP contribution in [0.2, 0.25) is 0 Å². The number of esters is 1. The van der Waals surface area contributed by atoms with Crippen molar-refractivity contribution in [2.75, 3.05) is 26.1 Å². The van der Waals surface area contributed by atoms with Gasteiger partial charge >= 0.3 is 12.1 Å². The van der Waals surface area contributed by atoms with Crippen molar-refractivity contribution in [2.24, 2.45) is 0 Å². The fourth-order valence-corrected chi connectivity index (χ4v) is 4.52. The molecule has 1 N–H and O–H groups in total. The van der Waals surface area contributed by atoms with Gasteiger partial charge in [-0.2, -0.15) is 23.0 Å². The number of anilines is 1. The van der Waals surface area contributed by atoms with Crippen molar-refractivity contribution in [3.8, 4) is 28.4 Å². The van der Waals surface area contributed by atoms with Gasteiger partial charge in [-0.25, -0.2) is 0 Å². The first-order valence-electron chi connectivity index (χ1n) is 12.4. The highest BCUT2D eigenvalue weighted by atomic mass is 19.4. The van der Waals surface area contributed by atoms with Crippen molar-refractivity contribution in [1.82, 2.24) is 9.78 Å². The maximum Gasteiger partial charge on any atom is 0.418 e. The quantitative estimate of drug-likeness (QED) is 0.409. The molecule has 8 nitrogen and oxygen atoms in total. The summed E-state index contributed by atoms with van der Waals surface area (Å²) in [5.41, 5.74) is -0.588. The third-order valence-electron chi connectivity index (χ3n) is 6.17. The van der Waals surface area contributed by atoms with E-state index in [0.29, 0.717) is 53.1 Å². The van der Waals surface area contributed by atoms with Crippen LogP contribution >= 0.6 is 0 Å². The number of carbonyl (C=O) groups excluding carboxylic acids is 1. The zero-order chi connectivity index (χ0) is 28.5. The summed E-state index contributed by atoms with van der Waals surface area (Å²) in [5, 5.41) is 7.25. The Morgan fingerprint density at radius 3 is 2.23 bits per heavy atom. The number of aromatic nitrogens is 2. The molecule has 0 amide bonds. The van der Waals surface area contributed by atoms with Gasteiger partial charge < -0.3 is 19.5 Å². The molecule has 0 unspecified atom stereocenters. The number of nitrogens with one attached hydrogen (secondary N) is 1. The monoisotopic (exact) mass is 545 g/mol. The maximum absolute atomic E-state index is 14.1. The van der Waals surface area contributed by atoms with Gasteiger partial charge in [0.25, 0.3) is 5.56 Å². The highest BCUT2D eigenvalue weighted by Gasteiger charge is 2.36. The van der Waals surface area contributed by atoms with Gasteiger partial charge in [0, 0.05) is 22.9 Å². The fraction of sp³-hybridized carbons (Fsp3) is 0.393. The van der Waals surface area contributed by atoms with E-state index in [2.05, 4.69) is 10.4 Å². The second-order valence-corrected chi connectivity index (χ2v) is 10.1. The van der Waals surface area contributed by atoms with Gasteiger partial charge in [0.1, 0.15) is 23.6 Å². The molecule has 208 valence electrons. The molecule has 0 atom stereocenters. The fourth-order valence-electron chi connectivity index (χ4n) is 4.52. The lowest BCUT2D eigenvalue weighted by atomic mass is 10.0. The molecule has 11 heteroatoms. The highest BCUT2D eigenvalue weighted by Crippen LogP contribution is 2.37. The van der Waals surface area contributed by atoms with Crippen molar-refractivity contribution in [2.45, 2.75) is 51.8 Å². The molecule has 1 heterocycles. The van der Waals surface area contributed by atoms with E-state index in [1.807, 2.05) is 0 Å². The van der Waals surface area contributed by atoms with Crippen LogP contribution in [0.4, 0.5) is 18.9 Å². The van der Waals surface area contributed by atoms with Crippen LogP contribution in [0.15, 0.2) is 41.2 Å². The molecule has 2 aromatic carbocycles. The molecule has 0 fully saturated rings. The Kier molecular flexibility index (Phi) is 7.63. The van der Waals surface area contributed by atoms with Crippen LogP contribution in [0.3, 0.4) is 0 Å². The Labute approximate surface area is 223 Å². The molecule has 0 aliphatic heterocycles. The molecule has 3 aromatic rings. The Bertz CT molecular complexity index is 1440. The number of rotatable bonds is 7. The number of methoxy groups -OCH3 is 2. The minimum Gasteiger partial charge on any atom is -0.497 e. The standard InChI is InChI=1S/C28H30F3N3O5/c1-27(2,3)39-24(35)15-32-17-9-10-22(28(29,30)31)23(13-17)34-26(36)21-8-6-7-20(21)25(33-34)16-11-18(37-4)14-19(12-16)38-5/h9-14,32H,6-8,15H2,1-5H3. The van der Waals surface area contributed by atoms with E-state index < -0.39 is 34.6 Å². The van der Waals surface area contributed by atoms with Crippen LogP contribution < -0.4 is 20.3 Å². The van der Waals surface area contributed by atoms with E-state index in [0.717, 1.165) is 10.7 Å². The second kappa shape index (κ2) is 10.6. The molecular formula is C28H30F3N3O5. The first-order valence-corrected chi connectivity index (χ1v) is 12.4. The predicted octanol–water partition coefficient (Wildman–Crippen LogP) is 5.18. The van der Waals surface area contributed by atoms with Gasteiger partial charge in [0.05, 0.1) is 31.2 Å². The summed E-state index contributed by atoms with van der Waals surface area (Å²) >= 11 is 0. The predicted molar refractivity (Wildman–Crippen MR) is 140 cm³/mol. The van der Waals surface area contributed by atoms with E-state index in [-0.39, 0.29) is 12.2 Å². The Morgan fingerprint density at radius 2 is 1.64 bits per heavy atom. The molecule has 1 aliphatic carbocycles. The number of fused-ring (bicyclic) bond motifs is 1. The van der Waals surface area contributed by atoms with Crippen molar-refractivity contribution >= 4 is 11.7 Å². The number of halogens is 3. The molecule has 4 rings (SSSR count). The molecule has 39 heavy (non-hydrogen) atoms. The van der Waals surface area contributed by atoms with E-state index >= 15 is 0 Å². The Balaban J connectivity index is 1.87. The van der Waals surface area contributed by atoms with Gasteiger partial charge in [-0.1, -0.05) is 0 Å². The molecule has 0 saturated carbocycles. The smallest absolute Gasteiger partial charge is 0.418 e. The number of carbonyl (C=O) groups is 1. The van der Waals surface area contributed by atoms with E-state index in [9.17, 15) is 22.8 Å². The topological polar surface area (TPSA) is 91.7 Å². The Morgan fingerprint density at radius 1 is 1.00 bits per heavy atom. The van der Waals surface area contributed by atoms with Gasteiger partial charge in [-0.15, -0.1) is 0 Å². The van der Waals surface area contributed by atoms with Crippen molar-refractivity contribution in [3.63, 3.8) is 0 Å². The van der Waals surface area contributed by atoms with Gasteiger partial charge in [-0.05, 0) is 75.9 Å². The van der Waals surface area contributed by atoms with E-state index in [4.69, 9.17) is 14.2 Å². The van der Waals surface area contributed by atoms with Crippen LogP contribution in [-0.4, -0.2) is 42.1 Å². The number of nitrogens with zero attached hydrogens (tertiary/aromatic N) is 2. The van der Waals surface area contributed by atoms with Gasteiger partial charge in [0.2, 0.25) is 0 Å². The molecule has 0 saturated heterocycles. The maximum atomic E-state index is 14.1. The number of benzene rings is 2. The summed E-state index contributed by atoms with van der Waals surface area (Å²) in [6, 6.07) is 8.29. The van der Waals surface area contributed by atoms with Crippen molar-refractivity contribution < 1.29 is 32.2 Å². The first kappa shape index (κ1) is 28.0. The summed E-state index contributed by atoms with van der Waals surface area (Å²) in [6.45, 7) is 4.86. The van der Waals surface area contributed by atoms with Crippen LogP contribution in [0.25, 0.3) is 16.9 Å². The molecule has 0 bridgehead atoms. The molecule has 1 aliphatic rings. The third-order valence-corrected chi connectivity index (χ3v) is 6.17. The summed E-state index contributed by atoms with van der Waals surface area (Å²) in [4.78, 5) is 25.6. The zero-order valence-corrected chi connectivity index (χ0v) is 22.4. The lowest BCUT2D eigenvalue weighted by Crippen LogP contribution is -2.29. The molecule has 0 radical (unpaired) electrons. The minimum absolute atomic E-state index is 0.197. The average molecular weight is 546 g/mol. The van der Waals surface area contributed by atoms with Crippen molar-refractivity contribution in [3.05, 3.63) is 63.4 Å². The summed E-state index contributed by atoms with van der Waals surface area (Å²) < 4.78 is 59.1. The lowest BCUT2D eigenvalue weighted by Gasteiger charge is -2.20. The Hall–Kier alpha value is -4.02. The van der Waals surface area contributed by atoms with E-state index in [1.165, 1.54) is 26.4 Å². The van der Waals surface area contributed by atoms with Crippen LogP contribution in [0.1, 0.15) is 43.9 Å². The van der Waals surface area contributed by atoms with Crippen LogP contribution in [-0.2, 0) is 28.5 Å². The number of ether oxygens (including phenoxy) is 3. The van der Waals surface area contributed by atoms with Gasteiger partial charge in [0.15, 0.2) is 0 Å². The molecule has 1 aromatic heterocycles. The number of hydrogen-bond donors (Lipinski definition) is 1. The van der Waals surface area contributed by atoms with Gasteiger partial charge in [-0.3, -0.25) is 9.59 Å². The number of alkyl halides is 3. The second-order valence-electron chi connectivity index (χ2n) is 10.1. The SMILES string of the molecule is COc1cc(OC)cc(-c2nn(-c3cc(NCC(=O)OC(C)(C)C)ccc3C(F)(F)F)c(=O)c3c2CCC3)c1. The number of hydrogen-bond acceptors (Lipinski definition) is 7. The molecular weight excluding hydrogens is 515 g/mol. The minimum atomic E-state index is -4.77. The summed E-state index contributed by atoms with van der Waals surface area (Å²) in [5.74, 6) is 0.367. The van der Waals surface area contributed by atoms with E-state index in [1.54, 1.807) is 39.0 Å². The average Bonchev–Trinajstić information content (AvgIpc) is 3.36. The van der Waals surface area contributed by atoms with Crippen LogP contribution in [0.5, 0.6) is 11.5 Å². The first-order chi connectivity index (χ1) is 18.3. The van der Waals surface area contributed by atoms with Crippen LogP contribution in [0, 0.1) is 0 Å². The van der Waals surface area contributed by atoms with Crippen molar-refractivity contribution in [1.29, 1.82) is 0 Å². The summed E-state index contributed by atoms with van der Waals surface area (Å²) in [6.07, 6.45) is -3.11. The highest BCUT2D eigenvalue weighted by molar-refractivity contribution is 5.76. The lowest BCUT2D eigenvalue weighted by molar-refractivity contribution is -0.152. The molecule has 0 spiro atoms. The summed E-state index contributed by atoms with van der Waals surface area (Å²) in [7, 11) is 2.98. The normalized spacial score (nSPS) is 13.1. The third kappa shape index (κ3) is 6.18.